The van der Waals surface area contributed by atoms with Crippen LogP contribution >= 0.6 is 0 Å². The summed E-state index contributed by atoms with van der Waals surface area (Å²) < 4.78 is 0. The molecule has 2 rings (SSSR count). The van der Waals surface area contributed by atoms with Gasteiger partial charge in [0, 0.05) is 25.4 Å². The third-order valence-corrected chi connectivity index (χ3v) is 3.22. The fraction of sp³-hybridized carbons (Fsp3) is 0.800. The van der Waals surface area contributed by atoms with Crippen LogP contribution in [0.15, 0.2) is 0 Å². The molecule has 0 spiro atoms. The van der Waals surface area contributed by atoms with Crippen LogP contribution < -0.4 is 0 Å². The summed E-state index contributed by atoms with van der Waals surface area (Å²) in [5.41, 5.74) is 0. The van der Waals surface area contributed by atoms with Gasteiger partial charge >= 0.3 is 0 Å². The van der Waals surface area contributed by atoms with Crippen LogP contribution in [0.2, 0.25) is 0 Å². The summed E-state index contributed by atoms with van der Waals surface area (Å²) in [5, 5.41) is 0. The number of Topliss-reactive ketones (excluding diaryl/α,β-unsaturated/α-hetero) is 2. The van der Waals surface area contributed by atoms with Crippen molar-refractivity contribution in [2.24, 2.45) is 0 Å². The molecule has 72 valence electrons. The molecule has 0 unspecified atom stereocenters. The molecule has 2 atom stereocenters. The summed E-state index contributed by atoms with van der Waals surface area (Å²) in [4.78, 5) is 24.7. The van der Waals surface area contributed by atoms with Gasteiger partial charge < -0.3 is 0 Å². The molecule has 0 saturated carbocycles. The average Bonchev–Trinajstić information content (AvgIpc) is 2.46. The summed E-state index contributed by atoms with van der Waals surface area (Å²) in [6, 6.07) is 0.480. The Bertz CT molecular complexity index is 249. The largest absolute Gasteiger partial charge is 0.300 e. The number of nitrogens with zero attached hydrogens (tertiary/aromatic N) is 1. The Morgan fingerprint density at radius 1 is 1.46 bits per heavy atom. The van der Waals surface area contributed by atoms with E-state index in [4.69, 9.17) is 0 Å². The average molecular weight is 181 g/mol. The maximum atomic E-state index is 11.3. The van der Waals surface area contributed by atoms with Crippen molar-refractivity contribution in [2.75, 3.05) is 6.54 Å². The van der Waals surface area contributed by atoms with Crippen molar-refractivity contribution in [3.05, 3.63) is 0 Å². The van der Waals surface area contributed by atoms with Gasteiger partial charge in [0.15, 0.2) is 0 Å². The first kappa shape index (κ1) is 8.88. The molecule has 2 fully saturated rings. The maximum absolute atomic E-state index is 11.3. The quantitative estimate of drug-likeness (QED) is 0.599. The Kier molecular flexibility index (Phi) is 2.20. The molecule has 2 aliphatic rings. The highest BCUT2D eigenvalue weighted by Gasteiger charge is 2.39. The second-order valence-corrected chi connectivity index (χ2v) is 4.09. The molecule has 3 nitrogen and oxygen atoms in total. The van der Waals surface area contributed by atoms with Crippen LogP contribution in [0.3, 0.4) is 0 Å². The Hall–Kier alpha value is -0.700. The van der Waals surface area contributed by atoms with Gasteiger partial charge in [-0.15, -0.1) is 0 Å². The van der Waals surface area contributed by atoms with Crippen molar-refractivity contribution in [3.8, 4) is 0 Å². The minimum absolute atomic E-state index is 0.109. The molecule has 0 N–H and O–H groups in total. The molecule has 2 heterocycles. The summed E-state index contributed by atoms with van der Waals surface area (Å²) in [6.45, 7) is 2.46. The highest BCUT2D eigenvalue weighted by molar-refractivity contribution is 5.84. The lowest BCUT2D eigenvalue weighted by Crippen LogP contribution is -2.45. The van der Waals surface area contributed by atoms with Crippen molar-refractivity contribution in [1.82, 2.24) is 4.90 Å². The number of hydrogen-bond donors (Lipinski definition) is 0. The zero-order valence-corrected chi connectivity index (χ0v) is 7.95. The van der Waals surface area contributed by atoms with Gasteiger partial charge in [-0.2, -0.15) is 0 Å². The Balaban J connectivity index is 2.08. The summed E-state index contributed by atoms with van der Waals surface area (Å²) >= 11 is 0. The van der Waals surface area contributed by atoms with Gasteiger partial charge in [-0.1, -0.05) is 0 Å². The van der Waals surface area contributed by atoms with E-state index in [0.717, 1.165) is 19.4 Å². The van der Waals surface area contributed by atoms with E-state index in [2.05, 4.69) is 4.90 Å². The minimum atomic E-state index is 0.109. The third kappa shape index (κ3) is 1.53. The number of piperidine rings is 1. The molecule has 0 aromatic heterocycles. The molecular formula is C10H15NO2. The lowest BCUT2D eigenvalue weighted by Gasteiger charge is -2.32. The van der Waals surface area contributed by atoms with E-state index in [1.807, 2.05) is 0 Å². The number of fused-ring (bicyclic) bond motifs is 1. The van der Waals surface area contributed by atoms with E-state index in [1.165, 1.54) is 0 Å². The van der Waals surface area contributed by atoms with Crippen molar-refractivity contribution in [1.29, 1.82) is 0 Å². The predicted molar refractivity (Wildman–Crippen MR) is 48.4 cm³/mol. The van der Waals surface area contributed by atoms with Crippen LogP contribution in [0.1, 0.15) is 32.6 Å². The van der Waals surface area contributed by atoms with Crippen LogP contribution in [0.25, 0.3) is 0 Å². The first-order valence-electron chi connectivity index (χ1n) is 4.96. The van der Waals surface area contributed by atoms with E-state index in [0.29, 0.717) is 24.7 Å². The van der Waals surface area contributed by atoms with Crippen molar-refractivity contribution in [3.63, 3.8) is 0 Å². The molecule has 0 bridgehead atoms. The summed E-state index contributed by atoms with van der Waals surface area (Å²) in [7, 11) is 0. The third-order valence-electron chi connectivity index (χ3n) is 3.22. The normalized spacial score (nSPS) is 34.7. The Morgan fingerprint density at radius 2 is 2.23 bits per heavy atom. The first-order valence-corrected chi connectivity index (χ1v) is 4.96. The first-order chi connectivity index (χ1) is 6.18. The van der Waals surface area contributed by atoms with Crippen LogP contribution in [-0.2, 0) is 9.59 Å². The number of carbonyl (C=O) groups excluding carboxylic acids is 2. The van der Waals surface area contributed by atoms with Gasteiger partial charge in [-0.25, -0.2) is 0 Å². The second kappa shape index (κ2) is 3.22. The molecule has 3 heteroatoms. The number of ketones is 2. The van der Waals surface area contributed by atoms with Gasteiger partial charge in [0.2, 0.25) is 0 Å². The topological polar surface area (TPSA) is 37.4 Å². The molecule has 0 aliphatic carbocycles. The van der Waals surface area contributed by atoms with Crippen LogP contribution in [0, 0.1) is 0 Å². The van der Waals surface area contributed by atoms with Crippen LogP contribution in [-0.4, -0.2) is 35.1 Å². The SMILES string of the molecule is CC(=O)[C@@H]1CC[C@H]2CC(=O)CCN21. The van der Waals surface area contributed by atoms with E-state index in [-0.39, 0.29) is 11.8 Å². The fourth-order valence-corrected chi connectivity index (χ4v) is 2.55. The Morgan fingerprint density at radius 3 is 2.92 bits per heavy atom. The molecular weight excluding hydrogens is 166 g/mol. The molecule has 0 aromatic carbocycles. The minimum Gasteiger partial charge on any atom is -0.300 e. The highest BCUT2D eigenvalue weighted by Crippen LogP contribution is 2.30. The molecule has 13 heavy (non-hydrogen) atoms. The number of carbonyl (C=O) groups is 2. The fourth-order valence-electron chi connectivity index (χ4n) is 2.55. The van der Waals surface area contributed by atoms with Gasteiger partial charge in [0.25, 0.3) is 0 Å². The molecule has 0 amide bonds. The monoisotopic (exact) mass is 181 g/mol. The molecule has 2 aliphatic heterocycles. The van der Waals surface area contributed by atoms with Crippen molar-refractivity contribution < 1.29 is 9.59 Å². The smallest absolute Gasteiger partial charge is 0.146 e. The van der Waals surface area contributed by atoms with Gasteiger partial charge in [-0.3, -0.25) is 14.5 Å². The van der Waals surface area contributed by atoms with Crippen molar-refractivity contribution in [2.45, 2.75) is 44.7 Å². The molecule has 0 radical (unpaired) electrons. The van der Waals surface area contributed by atoms with Gasteiger partial charge in [-0.05, 0) is 19.8 Å². The van der Waals surface area contributed by atoms with E-state index in [1.54, 1.807) is 6.92 Å². The lowest BCUT2D eigenvalue weighted by atomic mass is 10.0. The predicted octanol–water partition coefficient (Wildman–Crippen LogP) is 0.771. The molecule has 0 aromatic rings. The lowest BCUT2D eigenvalue weighted by molar-refractivity contribution is -0.127. The maximum Gasteiger partial charge on any atom is 0.146 e. The van der Waals surface area contributed by atoms with Gasteiger partial charge in [0.1, 0.15) is 11.6 Å². The van der Waals surface area contributed by atoms with E-state index >= 15 is 0 Å². The second-order valence-electron chi connectivity index (χ2n) is 4.09. The molecule has 2 saturated heterocycles. The summed E-state index contributed by atoms with van der Waals surface area (Å²) in [5.74, 6) is 0.627. The van der Waals surface area contributed by atoms with E-state index < -0.39 is 0 Å². The Labute approximate surface area is 78.1 Å². The number of rotatable bonds is 1. The van der Waals surface area contributed by atoms with Crippen LogP contribution in [0.4, 0.5) is 0 Å². The zero-order valence-electron chi connectivity index (χ0n) is 7.95. The van der Waals surface area contributed by atoms with E-state index in [9.17, 15) is 9.59 Å². The summed E-state index contributed by atoms with van der Waals surface area (Å²) in [6.07, 6.45) is 3.29. The number of hydrogen-bond acceptors (Lipinski definition) is 3. The van der Waals surface area contributed by atoms with Crippen molar-refractivity contribution >= 4 is 11.6 Å². The highest BCUT2D eigenvalue weighted by atomic mass is 16.1. The van der Waals surface area contributed by atoms with Crippen LogP contribution in [0.5, 0.6) is 0 Å². The van der Waals surface area contributed by atoms with Gasteiger partial charge in [0.05, 0.1) is 6.04 Å². The standard InChI is InChI=1S/C10H15NO2/c1-7(12)10-3-2-8-6-9(13)4-5-11(8)10/h8,10H,2-6H2,1H3/t8-,10-/m0/s1. The zero-order chi connectivity index (χ0) is 9.42.